The molecule has 0 spiro atoms. The molecular formula is C25H33N5O4. The molecule has 9 heteroatoms. The summed E-state index contributed by atoms with van der Waals surface area (Å²) in [6, 6.07) is 9.41. The fourth-order valence-corrected chi connectivity index (χ4v) is 4.84. The lowest BCUT2D eigenvalue weighted by Crippen LogP contribution is -2.42. The zero-order valence-electron chi connectivity index (χ0n) is 19.6. The number of hydrogen-bond acceptors (Lipinski definition) is 6. The highest BCUT2D eigenvalue weighted by molar-refractivity contribution is 5.91. The van der Waals surface area contributed by atoms with E-state index in [1.165, 1.54) is 6.26 Å². The number of likely N-dealkylation sites (tertiary alicyclic amines) is 1. The van der Waals surface area contributed by atoms with Crippen molar-refractivity contribution in [1.29, 1.82) is 0 Å². The molecule has 0 aliphatic carbocycles. The second-order valence-electron chi connectivity index (χ2n) is 8.94. The number of carbonyl (C=O) groups is 2. The van der Waals surface area contributed by atoms with Gasteiger partial charge in [-0.2, -0.15) is 0 Å². The Labute approximate surface area is 199 Å². The monoisotopic (exact) mass is 467 g/mol. The number of fused-ring (bicyclic) bond motifs is 1. The first kappa shape index (κ1) is 24.0. The number of rotatable bonds is 10. The van der Waals surface area contributed by atoms with Crippen LogP contribution in [0.3, 0.4) is 0 Å². The summed E-state index contributed by atoms with van der Waals surface area (Å²) in [5.41, 5.74) is 14.3. The lowest BCUT2D eigenvalue weighted by molar-refractivity contribution is -0.132. The van der Waals surface area contributed by atoms with Crippen LogP contribution in [0.1, 0.15) is 53.5 Å². The van der Waals surface area contributed by atoms with Crippen molar-refractivity contribution in [3.05, 3.63) is 53.7 Å². The van der Waals surface area contributed by atoms with Crippen LogP contribution in [0.15, 0.2) is 41.0 Å². The Balaban J connectivity index is 1.44. The Hall–Kier alpha value is -3.17. The number of benzene rings is 1. The molecular weight excluding hydrogens is 434 g/mol. The normalized spacial score (nSPS) is 17.2. The number of methoxy groups -OCH3 is 1. The number of amides is 2. The van der Waals surface area contributed by atoms with Crippen molar-refractivity contribution >= 4 is 22.8 Å². The number of para-hydroxylation sites is 2. The fraction of sp³-hybridized carbons (Fsp3) is 0.480. The quantitative estimate of drug-likeness (QED) is 0.441. The van der Waals surface area contributed by atoms with Gasteiger partial charge in [-0.3, -0.25) is 9.59 Å². The Morgan fingerprint density at radius 1 is 1.29 bits per heavy atom. The van der Waals surface area contributed by atoms with E-state index in [1.54, 1.807) is 13.2 Å². The van der Waals surface area contributed by atoms with Crippen LogP contribution < -0.4 is 11.5 Å². The molecule has 4 N–H and O–H groups in total. The van der Waals surface area contributed by atoms with Crippen molar-refractivity contribution in [1.82, 2.24) is 14.5 Å². The first-order valence-corrected chi connectivity index (χ1v) is 11.8. The average molecular weight is 468 g/mol. The van der Waals surface area contributed by atoms with Crippen LogP contribution in [0, 0.1) is 0 Å². The van der Waals surface area contributed by atoms with Gasteiger partial charge < -0.3 is 30.1 Å². The summed E-state index contributed by atoms with van der Waals surface area (Å²) in [4.78, 5) is 31.4. The van der Waals surface area contributed by atoms with Gasteiger partial charge in [0.1, 0.15) is 5.82 Å². The third-order valence-electron chi connectivity index (χ3n) is 6.44. The first-order chi connectivity index (χ1) is 16.5. The molecule has 0 radical (unpaired) electrons. The number of ether oxygens (including phenoxy) is 1. The maximum absolute atomic E-state index is 13.1. The van der Waals surface area contributed by atoms with Gasteiger partial charge in [-0.1, -0.05) is 12.1 Å². The Bertz CT molecular complexity index is 1140. The van der Waals surface area contributed by atoms with Crippen molar-refractivity contribution in [2.75, 3.05) is 26.8 Å². The Kier molecular flexibility index (Phi) is 7.64. The third kappa shape index (κ3) is 5.31. The van der Waals surface area contributed by atoms with E-state index >= 15 is 0 Å². The number of piperidine rings is 1. The minimum absolute atomic E-state index is 0.0170. The van der Waals surface area contributed by atoms with Crippen molar-refractivity contribution in [2.24, 2.45) is 11.5 Å². The van der Waals surface area contributed by atoms with Crippen LogP contribution in [0.25, 0.3) is 11.0 Å². The minimum Gasteiger partial charge on any atom is -0.459 e. The number of nitrogens with two attached hydrogens (primary N) is 2. The average Bonchev–Trinajstić information content (AvgIpc) is 3.44. The SMILES string of the molecule is COCCCn1c([C@@H]2CCCN(C(=O)C[C@@H](N)Cc3ccoc3C(N)=O)C2)nc2ccccc21. The number of nitrogens with zero attached hydrogens (tertiary/aromatic N) is 3. The lowest BCUT2D eigenvalue weighted by atomic mass is 9.96. The second-order valence-corrected chi connectivity index (χ2v) is 8.94. The molecule has 0 unspecified atom stereocenters. The number of furan rings is 1. The summed E-state index contributed by atoms with van der Waals surface area (Å²) in [5, 5.41) is 0. The van der Waals surface area contributed by atoms with E-state index in [9.17, 15) is 9.59 Å². The molecule has 34 heavy (non-hydrogen) atoms. The van der Waals surface area contributed by atoms with E-state index in [0.717, 1.165) is 42.7 Å². The summed E-state index contributed by atoms with van der Waals surface area (Å²) in [5.74, 6) is 0.685. The van der Waals surface area contributed by atoms with E-state index in [2.05, 4.69) is 10.6 Å². The zero-order valence-corrected chi connectivity index (χ0v) is 19.6. The molecule has 2 atom stereocenters. The van der Waals surface area contributed by atoms with E-state index in [0.29, 0.717) is 31.7 Å². The van der Waals surface area contributed by atoms with Gasteiger partial charge in [-0.15, -0.1) is 0 Å². The van der Waals surface area contributed by atoms with E-state index < -0.39 is 11.9 Å². The molecule has 3 aromatic rings. The molecule has 1 aliphatic rings. The van der Waals surface area contributed by atoms with Crippen LogP contribution in [0.4, 0.5) is 0 Å². The van der Waals surface area contributed by atoms with Gasteiger partial charge in [0.05, 0.1) is 17.3 Å². The van der Waals surface area contributed by atoms with Gasteiger partial charge in [0.25, 0.3) is 5.91 Å². The molecule has 2 aromatic heterocycles. The van der Waals surface area contributed by atoms with E-state index in [-0.39, 0.29) is 24.0 Å². The van der Waals surface area contributed by atoms with Gasteiger partial charge >= 0.3 is 0 Å². The van der Waals surface area contributed by atoms with Crippen LogP contribution in [0.5, 0.6) is 0 Å². The molecule has 9 nitrogen and oxygen atoms in total. The van der Waals surface area contributed by atoms with Crippen LogP contribution >= 0.6 is 0 Å². The molecule has 1 saturated heterocycles. The molecule has 1 fully saturated rings. The summed E-state index contributed by atoms with van der Waals surface area (Å²) in [7, 11) is 1.71. The topological polar surface area (TPSA) is 130 Å². The maximum Gasteiger partial charge on any atom is 0.284 e. The van der Waals surface area contributed by atoms with Gasteiger partial charge in [0.15, 0.2) is 5.76 Å². The van der Waals surface area contributed by atoms with E-state index in [4.69, 9.17) is 25.6 Å². The highest BCUT2D eigenvalue weighted by Gasteiger charge is 2.29. The molecule has 1 aromatic carbocycles. The largest absolute Gasteiger partial charge is 0.459 e. The number of imidazole rings is 1. The number of primary amides is 1. The highest BCUT2D eigenvalue weighted by atomic mass is 16.5. The van der Waals surface area contributed by atoms with Crippen LogP contribution in [-0.2, 0) is 22.5 Å². The molecule has 2 amide bonds. The summed E-state index contributed by atoms with van der Waals surface area (Å²) >= 11 is 0. The Morgan fingerprint density at radius 3 is 2.91 bits per heavy atom. The van der Waals surface area contributed by atoms with E-state index in [1.807, 2.05) is 23.1 Å². The van der Waals surface area contributed by atoms with Crippen molar-refractivity contribution in [2.45, 2.75) is 50.6 Å². The highest BCUT2D eigenvalue weighted by Crippen LogP contribution is 2.30. The molecule has 1 aliphatic heterocycles. The standard InChI is InChI=1S/C25H33N5O4/c1-33-12-5-11-30-21-8-3-2-7-20(21)28-25(30)18-6-4-10-29(16-18)22(31)15-19(26)14-17-9-13-34-23(17)24(27)32/h2-3,7-9,13,18-19H,4-6,10-12,14-16,26H2,1H3,(H2,27,32)/t18-,19+/m1/s1. The molecule has 0 saturated carbocycles. The number of aryl methyl sites for hydroxylation is 1. The van der Waals surface area contributed by atoms with Crippen LogP contribution in [-0.4, -0.2) is 59.1 Å². The van der Waals surface area contributed by atoms with Crippen LogP contribution in [0.2, 0.25) is 0 Å². The zero-order chi connectivity index (χ0) is 24.1. The van der Waals surface area contributed by atoms with Crippen molar-refractivity contribution < 1.29 is 18.7 Å². The van der Waals surface area contributed by atoms with Crippen molar-refractivity contribution in [3.63, 3.8) is 0 Å². The molecule has 182 valence electrons. The van der Waals surface area contributed by atoms with Gasteiger partial charge in [0, 0.05) is 57.3 Å². The number of carbonyl (C=O) groups excluding carboxylic acids is 2. The Morgan fingerprint density at radius 2 is 2.12 bits per heavy atom. The summed E-state index contributed by atoms with van der Waals surface area (Å²) < 4.78 is 12.7. The second kappa shape index (κ2) is 10.8. The summed E-state index contributed by atoms with van der Waals surface area (Å²) in [6.07, 6.45) is 4.77. The summed E-state index contributed by atoms with van der Waals surface area (Å²) in [6.45, 7) is 2.85. The smallest absolute Gasteiger partial charge is 0.284 e. The van der Waals surface area contributed by atoms with Gasteiger partial charge in [0.2, 0.25) is 5.91 Å². The van der Waals surface area contributed by atoms with Gasteiger partial charge in [-0.05, 0) is 43.9 Å². The fourth-order valence-electron chi connectivity index (χ4n) is 4.84. The van der Waals surface area contributed by atoms with Gasteiger partial charge in [-0.25, -0.2) is 4.98 Å². The minimum atomic E-state index is -0.634. The number of hydrogen-bond donors (Lipinski definition) is 2. The molecule has 4 rings (SSSR count). The maximum atomic E-state index is 13.1. The molecule has 0 bridgehead atoms. The lowest BCUT2D eigenvalue weighted by Gasteiger charge is -2.33. The third-order valence-corrected chi connectivity index (χ3v) is 6.44. The van der Waals surface area contributed by atoms with Crippen molar-refractivity contribution in [3.8, 4) is 0 Å². The number of aromatic nitrogens is 2. The predicted octanol–water partition coefficient (Wildman–Crippen LogP) is 2.43. The molecule has 3 heterocycles. The first-order valence-electron chi connectivity index (χ1n) is 11.8. The predicted molar refractivity (Wildman–Crippen MR) is 128 cm³/mol.